The quantitative estimate of drug-likeness (QED) is 0.866. The van der Waals surface area contributed by atoms with Crippen molar-refractivity contribution in [3.05, 3.63) is 59.9 Å². The molecule has 4 nitrogen and oxygen atoms in total. The molecule has 18 heavy (non-hydrogen) atoms. The fourth-order valence-electron chi connectivity index (χ4n) is 1.58. The van der Waals surface area contributed by atoms with Crippen LogP contribution in [0.3, 0.4) is 0 Å². The molecule has 4 heteroatoms. The molecule has 0 saturated carbocycles. The van der Waals surface area contributed by atoms with Gasteiger partial charge in [0.05, 0.1) is 11.9 Å². The van der Waals surface area contributed by atoms with Gasteiger partial charge >= 0.3 is 0 Å². The number of nitrogens with one attached hydrogen (secondary N) is 1. The van der Waals surface area contributed by atoms with Gasteiger partial charge in [0.2, 0.25) is 0 Å². The zero-order chi connectivity index (χ0) is 13.0. The molecular formula is C14H14N2O2. The Bertz CT molecular complexity index is 541. The molecule has 1 amide bonds. The summed E-state index contributed by atoms with van der Waals surface area (Å²) in [6.07, 6.45) is 2.04. The van der Waals surface area contributed by atoms with Gasteiger partial charge in [0.1, 0.15) is 0 Å². The number of amides is 1. The van der Waals surface area contributed by atoms with Crippen LogP contribution < -0.4 is 5.32 Å². The Kier molecular flexibility index (Phi) is 3.69. The van der Waals surface area contributed by atoms with Crippen molar-refractivity contribution in [2.24, 2.45) is 0 Å². The van der Waals surface area contributed by atoms with Crippen molar-refractivity contribution in [1.29, 1.82) is 0 Å². The van der Waals surface area contributed by atoms with E-state index in [9.17, 15) is 9.90 Å². The Hall–Kier alpha value is -2.20. The van der Waals surface area contributed by atoms with E-state index in [0.29, 0.717) is 11.3 Å². The number of carbonyl (C=O) groups is 1. The van der Waals surface area contributed by atoms with Gasteiger partial charge in [-0.05, 0) is 24.1 Å². The maximum Gasteiger partial charge on any atom is 0.257 e. The lowest BCUT2D eigenvalue weighted by atomic mass is 10.1. The van der Waals surface area contributed by atoms with E-state index in [1.807, 2.05) is 13.0 Å². The number of anilines is 1. The molecule has 0 radical (unpaired) electrons. The summed E-state index contributed by atoms with van der Waals surface area (Å²) in [4.78, 5) is 15.8. The minimum atomic E-state index is -1.18. The molecule has 0 aliphatic heterocycles. The summed E-state index contributed by atoms with van der Waals surface area (Å²) in [7, 11) is 0. The first kappa shape index (κ1) is 12.3. The van der Waals surface area contributed by atoms with Crippen molar-refractivity contribution in [3.8, 4) is 0 Å². The number of aromatic nitrogens is 1. The Morgan fingerprint density at radius 1 is 1.28 bits per heavy atom. The molecule has 1 aromatic carbocycles. The first-order chi connectivity index (χ1) is 8.68. The monoisotopic (exact) mass is 242 g/mol. The number of aliphatic hydroxyl groups is 1. The van der Waals surface area contributed by atoms with Gasteiger partial charge in [0, 0.05) is 6.20 Å². The third-order valence-corrected chi connectivity index (χ3v) is 2.66. The number of aliphatic hydroxyl groups excluding tert-OH is 1. The average molecular weight is 242 g/mol. The van der Waals surface area contributed by atoms with Gasteiger partial charge in [-0.25, -0.2) is 0 Å². The highest BCUT2D eigenvalue weighted by Gasteiger charge is 2.17. The molecule has 1 atom stereocenters. The number of aryl methyl sites for hydroxylation is 1. The fraction of sp³-hybridized carbons (Fsp3) is 0.143. The van der Waals surface area contributed by atoms with Gasteiger partial charge in [-0.15, -0.1) is 0 Å². The van der Waals surface area contributed by atoms with E-state index in [0.717, 1.165) is 5.56 Å². The van der Waals surface area contributed by atoms with Crippen LogP contribution in [0.2, 0.25) is 0 Å². The number of rotatable bonds is 3. The van der Waals surface area contributed by atoms with Crippen LogP contribution in [-0.4, -0.2) is 16.0 Å². The minimum absolute atomic E-state index is 0.461. The van der Waals surface area contributed by atoms with Crippen LogP contribution in [0.15, 0.2) is 48.8 Å². The van der Waals surface area contributed by atoms with Crippen molar-refractivity contribution < 1.29 is 9.90 Å². The van der Waals surface area contributed by atoms with Gasteiger partial charge in [-0.3, -0.25) is 9.78 Å². The van der Waals surface area contributed by atoms with Crippen LogP contribution in [0.25, 0.3) is 0 Å². The third-order valence-electron chi connectivity index (χ3n) is 2.66. The second-order valence-electron chi connectivity index (χ2n) is 3.99. The zero-order valence-corrected chi connectivity index (χ0v) is 10.00. The van der Waals surface area contributed by atoms with Crippen LogP contribution in [-0.2, 0) is 4.79 Å². The minimum Gasteiger partial charge on any atom is -0.378 e. The lowest BCUT2D eigenvalue weighted by Crippen LogP contribution is -2.21. The summed E-state index contributed by atoms with van der Waals surface area (Å²) in [6, 6.07) is 10.6. The van der Waals surface area contributed by atoms with Crippen molar-refractivity contribution in [3.63, 3.8) is 0 Å². The van der Waals surface area contributed by atoms with Crippen LogP contribution in [0.5, 0.6) is 0 Å². The van der Waals surface area contributed by atoms with E-state index >= 15 is 0 Å². The molecule has 2 rings (SSSR count). The molecule has 1 unspecified atom stereocenters. The largest absolute Gasteiger partial charge is 0.378 e. The maximum absolute atomic E-state index is 11.9. The molecule has 0 fully saturated rings. The first-order valence-electron chi connectivity index (χ1n) is 5.63. The molecule has 0 saturated heterocycles. The molecule has 0 aliphatic carbocycles. The fourth-order valence-corrected chi connectivity index (χ4v) is 1.58. The highest BCUT2D eigenvalue weighted by atomic mass is 16.3. The van der Waals surface area contributed by atoms with Crippen molar-refractivity contribution >= 4 is 11.6 Å². The lowest BCUT2D eigenvalue weighted by Gasteiger charge is -2.12. The normalized spacial score (nSPS) is 11.9. The van der Waals surface area contributed by atoms with Gasteiger partial charge in [0.25, 0.3) is 5.91 Å². The second-order valence-corrected chi connectivity index (χ2v) is 3.99. The molecule has 2 N–H and O–H groups in total. The summed E-state index contributed by atoms with van der Waals surface area (Å²) in [5.74, 6) is -0.461. The standard InChI is InChI=1S/C14H14N2O2/c1-10-7-8-15-9-12(10)16-14(18)13(17)11-5-3-2-4-6-11/h2-9,13,17H,1H3,(H,16,18). The summed E-state index contributed by atoms with van der Waals surface area (Å²) in [6.45, 7) is 1.87. The number of carbonyl (C=O) groups excluding carboxylic acids is 1. The van der Waals surface area contributed by atoms with E-state index in [1.54, 1.807) is 42.7 Å². The Labute approximate surface area is 105 Å². The van der Waals surface area contributed by atoms with E-state index in [-0.39, 0.29) is 0 Å². The number of pyridine rings is 1. The van der Waals surface area contributed by atoms with E-state index < -0.39 is 12.0 Å². The molecule has 1 heterocycles. The van der Waals surface area contributed by atoms with E-state index in [2.05, 4.69) is 10.3 Å². The third kappa shape index (κ3) is 2.73. The number of hydrogen-bond acceptors (Lipinski definition) is 3. The summed E-state index contributed by atoms with van der Waals surface area (Å²) in [5.41, 5.74) is 2.08. The highest BCUT2D eigenvalue weighted by molar-refractivity contribution is 5.95. The van der Waals surface area contributed by atoms with Crippen molar-refractivity contribution in [2.75, 3.05) is 5.32 Å². The average Bonchev–Trinajstić information content (AvgIpc) is 2.41. The van der Waals surface area contributed by atoms with Gasteiger partial charge < -0.3 is 10.4 Å². The molecule has 1 aromatic heterocycles. The topological polar surface area (TPSA) is 62.2 Å². The van der Waals surface area contributed by atoms with E-state index in [4.69, 9.17) is 0 Å². The van der Waals surface area contributed by atoms with E-state index in [1.165, 1.54) is 0 Å². The molecule has 2 aromatic rings. The lowest BCUT2D eigenvalue weighted by molar-refractivity contribution is -0.124. The molecule has 0 bridgehead atoms. The maximum atomic E-state index is 11.9. The van der Waals surface area contributed by atoms with Crippen LogP contribution >= 0.6 is 0 Å². The summed E-state index contributed by atoms with van der Waals surface area (Å²) in [5, 5.41) is 12.6. The Balaban J connectivity index is 2.12. The van der Waals surface area contributed by atoms with Gasteiger partial charge in [-0.2, -0.15) is 0 Å². The molecule has 0 aliphatic rings. The van der Waals surface area contributed by atoms with Crippen molar-refractivity contribution in [1.82, 2.24) is 4.98 Å². The molecular weight excluding hydrogens is 228 g/mol. The van der Waals surface area contributed by atoms with Crippen LogP contribution in [0, 0.1) is 6.92 Å². The Morgan fingerprint density at radius 3 is 2.67 bits per heavy atom. The molecule has 0 spiro atoms. The smallest absolute Gasteiger partial charge is 0.257 e. The SMILES string of the molecule is Cc1ccncc1NC(=O)C(O)c1ccccc1. The highest BCUT2D eigenvalue weighted by Crippen LogP contribution is 2.17. The van der Waals surface area contributed by atoms with Crippen LogP contribution in [0.1, 0.15) is 17.2 Å². The zero-order valence-electron chi connectivity index (χ0n) is 10.00. The van der Waals surface area contributed by atoms with Crippen molar-refractivity contribution in [2.45, 2.75) is 13.0 Å². The van der Waals surface area contributed by atoms with Crippen LogP contribution in [0.4, 0.5) is 5.69 Å². The number of benzene rings is 1. The summed E-state index contributed by atoms with van der Waals surface area (Å²) < 4.78 is 0. The number of hydrogen-bond donors (Lipinski definition) is 2. The second kappa shape index (κ2) is 5.42. The summed E-state index contributed by atoms with van der Waals surface area (Å²) >= 11 is 0. The number of nitrogens with zero attached hydrogens (tertiary/aromatic N) is 1. The first-order valence-corrected chi connectivity index (χ1v) is 5.63. The Morgan fingerprint density at radius 2 is 2.00 bits per heavy atom. The van der Waals surface area contributed by atoms with Gasteiger partial charge in [0.15, 0.2) is 6.10 Å². The predicted octanol–water partition coefficient (Wildman–Crippen LogP) is 2.06. The van der Waals surface area contributed by atoms with Gasteiger partial charge in [-0.1, -0.05) is 30.3 Å². The molecule has 92 valence electrons. The predicted molar refractivity (Wildman–Crippen MR) is 69.0 cm³/mol.